The molecule has 0 radical (unpaired) electrons. The largest absolute Gasteiger partial charge is 0.395 e. The first kappa shape index (κ1) is 29.1. The molecule has 1 heterocycles. The topological polar surface area (TPSA) is 108 Å². The normalized spacial score (nSPS) is 16.5. The third-order valence-corrected chi connectivity index (χ3v) is 6.51. The molecule has 1 aliphatic heterocycles. The fraction of sp³-hybridized carbons (Fsp3) is 0.458. The van der Waals surface area contributed by atoms with Crippen molar-refractivity contribution >= 4 is 28.9 Å². The second kappa shape index (κ2) is 12.4. The number of anilines is 2. The van der Waals surface area contributed by atoms with Crippen LogP contribution in [0.1, 0.15) is 22.3 Å². The van der Waals surface area contributed by atoms with Gasteiger partial charge in [-0.05, 0) is 36.8 Å². The molecule has 2 aromatic rings. The SMILES string of the molecule is NC(CO)C(N)Cc1c(C(=O)Nc2ccc(Cl)cc2N2CCN(CCC(F)(F)F)CC2)ccc(F)c1F. The van der Waals surface area contributed by atoms with Crippen LogP contribution in [0.2, 0.25) is 5.02 Å². The average Bonchev–Trinajstić information content (AvgIpc) is 2.86. The average molecular weight is 550 g/mol. The number of aliphatic hydroxyl groups is 1. The lowest BCUT2D eigenvalue weighted by molar-refractivity contribution is -0.138. The minimum absolute atomic E-state index is 0.0997. The summed E-state index contributed by atoms with van der Waals surface area (Å²) < 4.78 is 66.3. The Morgan fingerprint density at radius 1 is 1.08 bits per heavy atom. The number of carbonyl (C=O) groups excluding carboxylic acids is 1. The molecule has 1 saturated heterocycles. The van der Waals surface area contributed by atoms with E-state index in [1.807, 2.05) is 4.90 Å². The highest BCUT2D eigenvalue weighted by molar-refractivity contribution is 6.31. The van der Waals surface area contributed by atoms with Gasteiger partial charge in [-0.1, -0.05) is 11.6 Å². The molecular weight excluding hydrogens is 521 g/mol. The van der Waals surface area contributed by atoms with Crippen LogP contribution < -0.4 is 21.7 Å². The summed E-state index contributed by atoms with van der Waals surface area (Å²) in [5.41, 5.74) is 12.1. The number of carbonyl (C=O) groups is 1. The summed E-state index contributed by atoms with van der Waals surface area (Å²) in [4.78, 5) is 16.8. The summed E-state index contributed by atoms with van der Waals surface area (Å²) in [7, 11) is 0. The van der Waals surface area contributed by atoms with Gasteiger partial charge in [0.15, 0.2) is 11.6 Å². The molecule has 0 spiro atoms. The lowest BCUT2D eigenvalue weighted by atomic mass is 9.95. The van der Waals surface area contributed by atoms with Gasteiger partial charge in [0.05, 0.1) is 24.4 Å². The van der Waals surface area contributed by atoms with E-state index in [9.17, 15) is 31.9 Å². The zero-order valence-corrected chi connectivity index (χ0v) is 20.6. The number of hydrogen-bond acceptors (Lipinski definition) is 6. The van der Waals surface area contributed by atoms with Crippen molar-refractivity contribution in [1.82, 2.24) is 4.90 Å². The van der Waals surface area contributed by atoms with Crippen molar-refractivity contribution in [3.05, 3.63) is 58.1 Å². The molecule has 0 aromatic heterocycles. The van der Waals surface area contributed by atoms with Gasteiger partial charge in [-0.2, -0.15) is 13.2 Å². The smallest absolute Gasteiger partial charge is 0.390 e. The van der Waals surface area contributed by atoms with Crippen LogP contribution in [0.4, 0.5) is 33.3 Å². The first-order chi connectivity index (χ1) is 17.4. The third kappa shape index (κ3) is 7.74. The Morgan fingerprint density at radius 2 is 1.76 bits per heavy atom. The highest BCUT2D eigenvalue weighted by atomic mass is 35.5. The number of nitrogens with one attached hydrogen (secondary N) is 1. The van der Waals surface area contributed by atoms with Crippen molar-refractivity contribution in [2.75, 3.05) is 49.5 Å². The van der Waals surface area contributed by atoms with Gasteiger partial charge in [-0.3, -0.25) is 9.69 Å². The second-order valence-electron chi connectivity index (χ2n) is 8.91. The number of amides is 1. The summed E-state index contributed by atoms with van der Waals surface area (Å²) in [5.74, 6) is -3.13. The van der Waals surface area contributed by atoms with E-state index in [0.717, 1.165) is 12.1 Å². The van der Waals surface area contributed by atoms with Crippen LogP contribution in [0.5, 0.6) is 0 Å². The Kier molecular flexibility index (Phi) is 9.70. The van der Waals surface area contributed by atoms with Gasteiger partial charge >= 0.3 is 6.18 Å². The number of alkyl halides is 3. The number of benzene rings is 2. The van der Waals surface area contributed by atoms with Crippen molar-refractivity contribution in [1.29, 1.82) is 0 Å². The van der Waals surface area contributed by atoms with Crippen LogP contribution >= 0.6 is 11.6 Å². The van der Waals surface area contributed by atoms with E-state index >= 15 is 0 Å². The van der Waals surface area contributed by atoms with Gasteiger partial charge in [0.25, 0.3) is 5.91 Å². The summed E-state index contributed by atoms with van der Waals surface area (Å²) in [6.07, 6.45) is -5.41. The maximum absolute atomic E-state index is 14.7. The maximum atomic E-state index is 14.7. The van der Waals surface area contributed by atoms with Crippen LogP contribution in [0, 0.1) is 11.6 Å². The Morgan fingerprint density at radius 3 is 2.38 bits per heavy atom. The van der Waals surface area contributed by atoms with Gasteiger partial charge in [0.1, 0.15) is 0 Å². The Bertz CT molecular complexity index is 1100. The van der Waals surface area contributed by atoms with E-state index < -0.39 is 48.8 Å². The molecule has 1 amide bonds. The molecule has 2 atom stereocenters. The van der Waals surface area contributed by atoms with E-state index in [4.69, 9.17) is 23.1 Å². The molecule has 3 rings (SSSR count). The number of nitrogens with zero attached hydrogens (tertiary/aromatic N) is 2. The fourth-order valence-corrected chi connectivity index (χ4v) is 4.25. The molecule has 204 valence electrons. The van der Waals surface area contributed by atoms with Crippen molar-refractivity contribution < 1.29 is 31.9 Å². The molecule has 37 heavy (non-hydrogen) atoms. The number of halogens is 6. The van der Waals surface area contributed by atoms with Crippen LogP contribution in [0.25, 0.3) is 0 Å². The van der Waals surface area contributed by atoms with Gasteiger partial charge in [-0.25, -0.2) is 8.78 Å². The zero-order valence-electron chi connectivity index (χ0n) is 19.9. The lowest BCUT2D eigenvalue weighted by Gasteiger charge is -2.37. The molecule has 1 fully saturated rings. The van der Waals surface area contributed by atoms with Crippen LogP contribution in [-0.4, -0.2) is 73.5 Å². The molecule has 13 heteroatoms. The fourth-order valence-electron chi connectivity index (χ4n) is 4.09. The molecule has 0 saturated carbocycles. The Hall–Kier alpha value is -2.51. The molecule has 0 bridgehead atoms. The summed E-state index contributed by atoms with van der Waals surface area (Å²) in [5, 5.41) is 12.3. The number of nitrogens with two attached hydrogens (primary N) is 2. The van der Waals surface area contributed by atoms with Gasteiger partial charge in [-0.15, -0.1) is 0 Å². The first-order valence-corrected chi connectivity index (χ1v) is 12.0. The maximum Gasteiger partial charge on any atom is 0.390 e. The summed E-state index contributed by atoms with van der Waals surface area (Å²) in [6.45, 7) is 0.976. The minimum Gasteiger partial charge on any atom is -0.395 e. The van der Waals surface area contributed by atoms with Crippen molar-refractivity contribution in [2.24, 2.45) is 11.5 Å². The molecular formula is C24H29ClF5N5O2. The highest BCUT2D eigenvalue weighted by Crippen LogP contribution is 2.32. The minimum atomic E-state index is -4.23. The van der Waals surface area contributed by atoms with Crippen molar-refractivity contribution in [3.63, 3.8) is 0 Å². The van der Waals surface area contributed by atoms with Gasteiger partial charge in [0, 0.05) is 61.0 Å². The van der Waals surface area contributed by atoms with E-state index in [1.54, 1.807) is 23.1 Å². The van der Waals surface area contributed by atoms with Crippen molar-refractivity contribution in [2.45, 2.75) is 31.1 Å². The monoisotopic (exact) mass is 549 g/mol. The van der Waals surface area contributed by atoms with E-state index in [0.29, 0.717) is 42.6 Å². The molecule has 1 aliphatic rings. The third-order valence-electron chi connectivity index (χ3n) is 6.27. The highest BCUT2D eigenvalue weighted by Gasteiger charge is 2.29. The Balaban J connectivity index is 1.79. The van der Waals surface area contributed by atoms with Crippen molar-refractivity contribution in [3.8, 4) is 0 Å². The van der Waals surface area contributed by atoms with E-state index in [2.05, 4.69) is 5.32 Å². The molecule has 2 unspecified atom stereocenters. The molecule has 7 nitrogen and oxygen atoms in total. The predicted octanol–water partition coefficient (Wildman–Crippen LogP) is 3.13. The van der Waals surface area contributed by atoms with Crippen LogP contribution in [0.15, 0.2) is 30.3 Å². The summed E-state index contributed by atoms with van der Waals surface area (Å²) >= 11 is 6.17. The lowest BCUT2D eigenvalue weighted by Crippen LogP contribution is -2.47. The summed E-state index contributed by atoms with van der Waals surface area (Å²) in [6, 6.07) is 4.83. The first-order valence-electron chi connectivity index (χ1n) is 11.6. The number of hydrogen-bond donors (Lipinski definition) is 4. The zero-order chi connectivity index (χ0) is 27.3. The number of aliphatic hydroxyl groups excluding tert-OH is 1. The Labute approximate surface area is 216 Å². The standard InChI is InChI=1S/C24H29ClF5N5O2/c25-14-1-4-20(21(11-14)35-9-7-34(8-10-35)6-5-24(28,29)30)33-23(37)15-2-3-17(26)22(27)16(15)12-18(31)19(32)13-36/h1-4,11,18-19,36H,5-10,12-13,31-32H2,(H,33,37). The van der Waals surface area contributed by atoms with Gasteiger partial charge < -0.3 is 26.8 Å². The quantitative estimate of drug-likeness (QED) is 0.358. The molecule has 6 N–H and O–H groups in total. The number of piperazine rings is 1. The van der Waals surface area contributed by atoms with Crippen LogP contribution in [-0.2, 0) is 6.42 Å². The second-order valence-corrected chi connectivity index (χ2v) is 9.35. The number of rotatable bonds is 9. The van der Waals surface area contributed by atoms with E-state index in [1.165, 1.54) is 0 Å². The van der Waals surface area contributed by atoms with Crippen LogP contribution in [0.3, 0.4) is 0 Å². The van der Waals surface area contributed by atoms with Gasteiger partial charge in [0.2, 0.25) is 0 Å². The van der Waals surface area contributed by atoms with E-state index in [-0.39, 0.29) is 24.1 Å². The molecule has 0 aliphatic carbocycles. The predicted molar refractivity (Wildman–Crippen MR) is 132 cm³/mol. The molecule has 2 aromatic carbocycles.